The van der Waals surface area contributed by atoms with Crippen LogP contribution in [0, 0.1) is 0 Å². The topological polar surface area (TPSA) is 79.0 Å². The van der Waals surface area contributed by atoms with Crippen LogP contribution in [-0.4, -0.2) is 30.8 Å². The molecule has 0 saturated heterocycles. The zero-order valence-corrected chi connectivity index (χ0v) is 18.1. The molecule has 1 aromatic heterocycles. The Kier molecular flexibility index (Phi) is 9.95. The molecule has 0 aliphatic rings. The van der Waals surface area contributed by atoms with E-state index in [4.69, 9.17) is 9.15 Å². The van der Waals surface area contributed by atoms with Crippen molar-refractivity contribution < 1.29 is 14.3 Å². The Morgan fingerprint density at radius 3 is 2.74 bits per heavy atom. The molecule has 1 atom stereocenters. The molecule has 0 amide bonds. The van der Waals surface area contributed by atoms with Gasteiger partial charge in [0.15, 0.2) is 5.96 Å². The quantitative estimate of drug-likeness (QED) is 0.220. The summed E-state index contributed by atoms with van der Waals surface area (Å²) in [5, 5.41) is 16.9. The number of ether oxygens (including phenoxy) is 1. The Morgan fingerprint density at radius 2 is 2.07 bits per heavy atom. The predicted octanol–water partition coefficient (Wildman–Crippen LogP) is 3.43. The van der Waals surface area contributed by atoms with Crippen LogP contribution in [0.25, 0.3) is 0 Å². The first-order valence-electron chi connectivity index (χ1n) is 8.67. The van der Waals surface area contributed by atoms with Crippen molar-refractivity contribution in [2.45, 2.75) is 26.0 Å². The number of para-hydroxylation sites is 1. The first-order valence-corrected chi connectivity index (χ1v) is 8.67. The van der Waals surface area contributed by atoms with Crippen LogP contribution >= 0.6 is 24.0 Å². The summed E-state index contributed by atoms with van der Waals surface area (Å²) in [5.41, 5.74) is -0.158. The molecular formula is C20H28IN3O3. The van der Waals surface area contributed by atoms with Crippen LogP contribution in [0.1, 0.15) is 25.2 Å². The molecular weight excluding hydrogens is 457 g/mol. The zero-order valence-electron chi connectivity index (χ0n) is 15.8. The van der Waals surface area contributed by atoms with Gasteiger partial charge < -0.3 is 24.9 Å². The first-order chi connectivity index (χ1) is 12.6. The Labute approximate surface area is 177 Å². The van der Waals surface area contributed by atoms with Gasteiger partial charge in [0.25, 0.3) is 0 Å². The molecule has 0 radical (unpaired) electrons. The average molecular weight is 485 g/mol. The van der Waals surface area contributed by atoms with Crippen molar-refractivity contribution in [1.29, 1.82) is 0 Å². The van der Waals surface area contributed by atoms with Gasteiger partial charge >= 0.3 is 0 Å². The van der Waals surface area contributed by atoms with E-state index in [1.807, 2.05) is 31.2 Å². The molecule has 27 heavy (non-hydrogen) atoms. The first kappa shape index (κ1) is 23.0. The molecule has 6 nitrogen and oxygen atoms in total. The Morgan fingerprint density at radius 1 is 1.30 bits per heavy atom. The van der Waals surface area contributed by atoms with Crippen LogP contribution in [0.2, 0.25) is 0 Å². The van der Waals surface area contributed by atoms with E-state index in [-0.39, 0.29) is 30.5 Å². The molecule has 7 heteroatoms. The molecule has 0 aliphatic carbocycles. The second kappa shape index (κ2) is 11.7. The summed E-state index contributed by atoms with van der Waals surface area (Å²) >= 11 is 0. The number of aliphatic imine (C=N–C) groups is 1. The number of halogens is 1. The highest BCUT2D eigenvalue weighted by molar-refractivity contribution is 14.0. The third-order valence-electron chi connectivity index (χ3n) is 3.73. The van der Waals surface area contributed by atoms with Gasteiger partial charge in [-0.15, -0.1) is 24.0 Å². The molecule has 2 rings (SSSR count). The van der Waals surface area contributed by atoms with Crippen LogP contribution in [0.4, 0.5) is 0 Å². The Hall–Kier alpha value is -2.00. The van der Waals surface area contributed by atoms with Crippen molar-refractivity contribution >= 4 is 29.9 Å². The number of hydrogen-bond acceptors (Lipinski definition) is 4. The number of nitrogens with one attached hydrogen (secondary N) is 2. The van der Waals surface area contributed by atoms with Gasteiger partial charge in [-0.25, -0.2) is 4.99 Å². The van der Waals surface area contributed by atoms with Crippen molar-refractivity contribution in [3.05, 3.63) is 66.6 Å². The normalized spacial score (nSPS) is 13.2. The van der Waals surface area contributed by atoms with Crippen molar-refractivity contribution in [2.24, 2.45) is 4.99 Å². The maximum atomic E-state index is 10.5. The van der Waals surface area contributed by atoms with Crippen molar-refractivity contribution in [2.75, 3.05) is 19.7 Å². The highest BCUT2D eigenvalue weighted by Gasteiger charge is 2.26. The van der Waals surface area contributed by atoms with E-state index in [0.29, 0.717) is 31.4 Å². The molecule has 0 fully saturated rings. The van der Waals surface area contributed by atoms with E-state index >= 15 is 0 Å². The molecule has 0 saturated carbocycles. The van der Waals surface area contributed by atoms with Gasteiger partial charge in [0, 0.05) is 12.1 Å². The summed E-state index contributed by atoms with van der Waals surface area (Å²) in [6.07, 6.45) is 3.26. The molecule has 0 spiro atoms. The standard InChI is InChI=1S/C20H27N3O3.HI/c1-4-12-25-17-10-7-6-9-16(17)14-22-19(21-5-2)23-15-20(3,24)18-11-8-13-26-18;/h4,6-11,13,24H,1,5,12,14-15H2,2-3H3,(H2,21,22,23);1H. The summed E-state index contributed by atoms with van der Waals surface area (Å²) in [4.78, 5) is 4.58. The third-order valence-corrected chi connectivity index (χ3v) is 3.73. The zero-order chi connectivity index (χ0) is 18.8. The van der Waals surface area contributed by atoms with E-state index in [2.05, 4.69) is 22.2 Å². The van der Waals surface area contributed by atoms with Gasteiger partial charge in [-0.3, -0.25) is 0 Å². The number of nitrogens with zero attached hydrogens (tertiary/aromatic N) is 1. The van der Waals surface area contributed by atoms with Crippen molar-refractivity contribution in [3.63, 3.8) is 0 Å². The molecule has 0 aliphatic heterocycles. The fourth-order valence-electron chi connectivity index (χ4n) is 2.36. The molecule has 3 N–H and O–H groups in total. The SMILES string of the molecule is C=CCOc1ccccc1CN=C(NCC)NCC(C)(O)c1ccco1.I. The molecule has 148 valence electrons. The van der Waals surface area contributed by atoms with Crippen LogP contribution in [0.5, 0.6) is 5.75 Å². The fraction of sp³-hybridized carbons (Fsp3) is 0.350. The number of aliphatic hydroxyl groups is 1. The largest absolute Gasteiger partial charge is 0.489 e. The highest BCUT2D eigenvalue weighted by atomic mass is 127. The summed E-state index contributed by atoms with van der Waals surface area (Å²) in [6.45, 7) is 9.23. The lowest BCUT2D eigenvalue weighted by Crippen LogP contribution is -2.44. The molecule has 0 bridgehead atoms. The minimum Gasteiger partial charge on any atom is -0.489 e. The summed E-state index contributed by atoms with van der Waals surface area (Å²) in [5.74, 6) is 1.90. The van der Waals surface area contributed by atoms with Gasteiger partial charge in [0.1, 0.15) is 23.7 Å². The van der Waals surface area contributed by atoms with Gasteiger partial charge in [0.2, 0.25) is 0 Å². The lowest BCUT2D eigenvalue weighted by Gasteiger charge is -2.22. The number of furan rings is 1. The Bertz CT molecular complexity index is 715. The number of hydrogen-bond donors (Lipinski definition) is 3. The lowest BCUT2D eigenvalue weighted by molar-refractivity contribution is 0.0386. The molecule has 1 aromatic carbocycles. The van der Waals surface area contributed by atoms with Gasteiger partial charge in [0.05, 0.1) is 19.4 Å². The smallest absolute Gasteiger partial charge is 0.191 e. The van der Waals surface area contributed by atoms with E-state index in [1.54, 1.807) is 31.4 Å². The second-order valence-corrected chi connectivity index (χ2v) is 6.01. The molecule has 1 heterocycles. The minimum absolute atomic E-state index is 0. The van der Waals surface area contributed by atoms with Crippen LogP contribution < -0.4 is 15.4 Å². The maximum absolute atomic E-state index is 10.5. The van der Waals surface area contributed by atoms with E-state index in [9.17, 15) is 5.11 Å². The summed E-state index contributed by atoms with van der Waals surface area (Å²) in [7, 11) is 0. The number of benzene rings is 1. The molecule has 1 unspecified atom stereocenters. The molecule has 2 aromatic rings. The van der Waals surface area contributed by atoms with Crippen molar-refractivity contribution in [1.82, 2.24) is 10.6 Å². The summed E-state index contributed by atoms with van der Waals surface area (Å²) in [6, 6.07) is 11.3. The number of guanidine groups is 1. The summed E-state index contributed by atoms with van der Waals surface area (Å²) < 4.78 is 11.0. The van der Waals surface area contributed by atoms with E-state index in [1.165, 1.54) is 0 Å². The van der Waals surface area contributed by atoms with Gasteiger partial charge in [-0.2, -0.15) is 0 Å². The highest BCUT2D eigenvalue weighted by Crippen LogP contribution is 2.20. The maximum Gasteiger partial charge on any atom is 0.191 e. The van der Waals surface area contributed by atoms with Crippen molar-refractivity contribution in [3.8, 4) is 5.75 Å². The van der Waals surface area contributed by atoms with Gasteiger partial charge in [-0.1, -0.05) is 30.9 Å². The third kappa shape index (κ3) is 7.26. The van der Waals surface area contributed by atoms with Gasteiger partial charge in [-0.05, 0) is 32.0 Å². The lowest BCUT2D eigenvalue weighted by atomic mass is 10.0. The fourth-order valence-corrected chi connectivity index (χ4v) is 2.36. The van der Waals surface area contributed by atoms with Crippen LogP contribution in [0.3, 0.4) is 0 Å². The monoisotopic (exact) mass is 485 g/mol. The van der Waals surface area contributed by atoms with E-state index < -0.39 is 5.60 Å². The average Bonchev–Trinajstić information content (AvgIpc) is 3.19. The van der Waals surface area contributed by atoms with Crippen LogP contribution in [-0.2, 0) is 12.1 Å². The Balaban J connectivity index is 0.00000364. The van der Waals surface area contributed by atoms with E-state index in [0.717, 1.165) is 11.3 Å². The minimum atomic E-state index is -1.13. The second-order valence-electron chi connectivity index (χ2n) is 6.01. The number of rotatable bonds is 9. The van der Waals surface area contributed by atoms with Crippen LogP contribution in [0.15, 0.2) is 64.7 Å². The predicted molar refractivity (Wildman–Crippen MR) is 119 cm³/mol.